The fourth-order valence-electron chi connectivity index (χ4n) is 4.32. The molecule has 9 nitrogen and oxygen atoms in total. The van der Waals surface area contributed by atoms with Crippen LogP contribution in [0.1, 0.15) is 29.9 Å². The molecule has 0 N–H and O–H groups in total. The monoisotopic (exact) mass is 409 g/mol. The Labute approximate surface area is 174 Å². The minimum absolute atomic E-state index is 0.0830. The first-order valence-electron chi connectivity index (χ1n) is 10.8. The Bertz CT molecular complexity index is 1030. The van der Waals surface area contributed by atoms with Crippen LogP contribution in [-0.2, 0) is 25.9 Å². The standard InChI is InChI=1S/C21H27N7O2/c29-21-7-6-20(27-9-3-8-22-27)23-28(21)15-14-25-10-12-26(13-11-25)16-18-17-4-1-2-5-19(17)30-24-18/h3,6-9H,1-2,4-5,10-16H2. The molecule has 3 aromatic rings. The molecule has 5 rings (SSSR count). The van der Waals surface area contributed by atoms with Crippen LogP contribution in [-0.4, -0.2) is 67.2 Å². The molecule has 0 spiro atoms. The molecule has 0 unspecified atom stereocenters. The van der Waals surface area contributed by atoms with Gasteiger partial charge in [-0.15, -0.1) is 5.10 Å². The quantitative estimate of drug-likeness (QED) is 0.603. The zero-order valence-corrected chi connectivity index (χ0v) is 17.1. The van der Waals surface area contributed by atoms with Gasteiger partial charge in [-0.25, -0.2) is 9.36 Å². The van der Waals surface area contributed by atoms with Crippen molar-refractivity contribution in [3.63, 3.8) is 0 Å². The lowest BCUT2D eigenvalue weighted by Gasteiger charge is -2.34. The Balaban J connectivity index is 1.14. The van der Waals surface area contributed by atoms with E-state index in [1.807, 2.05) is 12.3 Å². The maximum Gasteiger partial charge on any atom is 0.266 e. The molecule has 0 radical (unpaired) electrons. The Morgan fingerprint density at radius 3 is 2.67 bits per heavy atom. The van der Waals surface area contributed by atoms with Crippen molar-refractivity contribution in [1.29, 1.82) is 0 Å². The van der Waals surface area contributed by atoms with Gasteiger partial charge >= 0.3 is 0 Å². The van der Waals surface area contributed by atoms with Crippen molar-refractivity contribution >= 4 is 0 Å². The van der Waals surface area contributed by atoms with Crippen LogP contribution in [0.3, 0.4) is 0 Å². The van der Waals surface area contributed by atoms with Gasteiger partial charge in [-0.05, 0) is 31.4 Å². The summed E-state index contributed by atoms with van der Waals surface area (Å²) >= 11 is 0. The highest BCUT2D eigenvalue weighted by Gasteiger charge is 2.23. The predicted octanol–water partition coefficient (Wildman–Crippen LogP) is 1.11. The number of rotatable bonds is 6. The molecule has 0 aromatic carbocycles. The second-order valence-electron chi connectivity index (χ2n) is 8.06. The van der Waals surface area contributed by atoms with Crippen molar-refractivity contribution in [2.45, 2.75) is 38.8 Å². The number of fused-ring (bicyclic) bond motifs is 1. The molecule has 9 heteroatoms. The summed E-state index contributed by atoms with van der Waals surface area (Å²) in [5.74, 6) is 1.76. The highest BCUT2D eigenvalue weighted by Crippen LogP contribution is 2.25. The zero-order valence-electron chi connectivity index (χ0n) is 17.1. The molecule has 1 saturated heterocycles. The summed E-state index contributed by atoms with van der Waals surface area (Å²) in [7, 11) is 0. The molecule has 30 heavy (non-hydrogen) atoms. The van der Waals surface area contributed by atoms with Crippen molar-refractivity contribution < 1.29 is 4.52 Å². The third-order valence-electron chi connectivity index (χ3n) is 6.09. The normalized spacial score (nSPS) is 17.9. The molecule has 3 aromatic heterocycles. The minimum Gasteiger partial charge on any atom is -0.361 e. The number of hydrogen-bond acceptors (Lipinski definition) is 7. The highest BCUT2D eigenvalue weighted by molar-refractivity contribution is 5.25. The molecule has 0 saturated carbocycles. The number of nitrogens with zero attached hydrogens (tertiary/aromatic N) is 7. The summed E-state index contributed by atoms with van der Waals surface area (Å²) in [5.41, 5.74) is 2.40. The van der Waals surface area contributed by atoms with Crippen molar-refractivity contribution in [3.05, 3.63) is 58.0 Å². The molecule has 1 aliphatic carbocycles. The van der Waals surface area contributed by atoms with Crippen LogP contribution in [0.25, 0.3) is 5.82 Å². The highest BCUT2D eigenvalue weighted by atomic mass is 16.5. The summed E-state index contributed by atoms with van der Waals surface area (Å²) in [6, 6.07) is 5.10. The molecular formula is C21H27N7O2. The molecule has 1 aliphatic heterocycles. The number of piperazine rings is 1. The first-order chi connectivity index (χ1) is 14.8. The largest absolute Gasteiger partial charge is 0.361 e. The van der Waals surface area contributed by atoms with Crippen molar-refractivity contribution in [3.8, 4) is 5.82 Å². The molecule has 4 heterocycles. The van der Waals surface area contributed by atoms with E-state index in [-0.39, 0.29) is 5.56 Å². The van der Waals surface area contributed by atoms with Crippen LogP contribution in [0.5, 0.6) is 0 Å². The van der Waals surface area contributed by atoms with E-state index >= 15 is 0 Å². The average molecular weight is 409 g/mol. The van der Waals surface area contributed by atoms with Gasteiger partial charge in [0, 0.05) is 69.7 Å². The lowest BCUT2D eigenvalue weighted by Crippen LogP contribution is -2.47. The number of aromatic nitrogens is 5. The third kappa shape index (κ3) is 4.08. The Morgan fingerprint density at radius 2 is 1.83 bits per heavy atom. The zero-order chi connectivity index (χ0) is 20.3. The van der Waals surface area contributed by atoms with Crippen LogP contribution in [0.4, 0.5) is 0 Å². The minimum atomic E-state index is -0.0830. The van der Waals surface area contributed by atoms with Gasteiger partial charge in [0.05, 0.1) is 6.54 Å². The van der Waals surface area contributed by atoms with Crippen LogP contribution >= 0.6 is 0 Å². The number of aryl methyl sites for hydroxylation is 1. The maximum absolute atomic E-state index is 12.2. The third-order valence-corrected chi connectivity index (χ3v) is 6.09. The SMILES string of the molecule is O=c1ccc(-n2cccn2)nn1CCN1CCN(Cc2noc3c2CCCC3)CC1. The predicted molar refractivity (Wildman–Crippen MR) is 110 cm³/mol. The first kappa shape index (κ1) is 19.2. The van der Waals surface area contributed by atoms with E-state index in [0.717, 1.165) is 63.6 Å². The summed E-state index contributed by atoms with van der Waals surface area (Å²) in [6.45, 7) is 6.21. The van der Waals surface area contributed by atoms with Crippen molar-refractivity contribution in [2.75, 3.05) is 32.7 Å². The fourth-order valence-corrected chi connectivity index (χ4v) is 4.32. The van der Waals surface area contributed by atoms with Crippen LogP contribution in [0, 0.1) is 0 Å². The summed E-state index contributed by atoms with van der Waals surface area (Å²) < 4.78 is 8.75. The van der Waals surface area contributed by atoms with Crippen molar-refractivity contribution in [2.24, 2.45) is 0 Å². The second kappa shape index (κ2) is 8.53. The van der Waals surface area contributed by atoms with Gasteiger partial charge in [0.15, 0.2) is 5.82 Å². The fraction of sp³-hybridized carbons (Fsp3) is 0.524. The Kier molecular flexibility index (Phi) is 5.46. The van der Waals surface area contributed by atoms with E-state index in [4.69, 9.17) is 4.52 Å². The van der Waals surface area contributed by atoms with Gasteiger partial charge in [0.2, 0.25) is 0 Å². The van der Waals surface area contributed by atoms with Gasteiger partial charge in [0.25, 0.3) is 5.56 Å². The van der Waals surface area contributed by atoms with Crippen LogP contribution in [0.15, 0.2) is 39.9 Å². The van der Waals surface area contributed by atoms with Crippen LogP contribution in [0.2, 0.25) is 0 Å². The van der Waals surface area contributed by atoms with Gasteiger partial charge in [-0.2, -0.15) is 5.10 Å². The molecule has 0 atom stereocenters. The van der Waals surface area contributed by atoms with E-state index in [1.54, 1.807) is 23.0 Å². The second-order valence-corrected chi connectivity index (χ2v) is 8.06. The topological polar surface area (TPSA) is 85.2 Å². The van der Waals surface area contributed by atoms with E-state index in [2.05, 4.69) is 25.2 Å². The average Bonchev–Trinajstić information content (AvgIpc) is 3.45. The Hall–Kier alpha value is -2.78. The number of hydrogen-bond donors (Lipinski definition) is 0. The van der Waals surface area contributed by atoms with Gasteiger partial charge < -0.3 is 4.52 Å². The molecule has 2 aliphatic rings. The van der Waals surface area contributed by atoms with E-state index in [9.17, 15) is 4.79 Å². The lowest BCUT2D eigenvalue weighted by atomic mass is 9.96. The maximum atomic E-state index is 12.2. The van der Waals surface area contributed by atoms with Gasteiger partial charge in [0.1, 0.15) is 11.5 Å². The smallest absolute Gasteiger partial charge is 0.266 e. The molecule has 0 bridgehead atoms. The lowest BCUT2D eigenvalue weighted by molar-refractivity contribution is 0.120. The molecule has 158 valence electrons. The molecule has 1 fully saturated rings. The van der Waals surface area contributed by atoms with E-state index in [1.165, 1.54) is 23.1 Å². The van der Waals surface area contributed by atoms with E-state index < -0.39 is 0 Å². The molecular weight excluding hydrogens is 382 g/mol. The first-order valence-corrected chi connectivity index (χ1v) is 10.8. The summed E-state index contributed by atoms with van der Waals surface area (Å²) in [6.07, 6.45) is 8.11. The van der Waals surface area contributed by atoms with Crippen LogP contribution < -0.4 is 5.56 Å². The molecule has 0 amide bonds. The van der Waals surface area contributed by atoms with Crippen molar-refractivity contribution in [1.82, 2.24) is 34.5 Å². The van der Waals surface area contributed by atoms with Gasteiger partial charge in [-0.3, -0.25) is 14.6 Å². The van der Waals surface area contributed by atoms with E-state index in [0.29, 0.717) is 12.4 Å². The summed E-state index contributed by atoms with van der Waals surface area (Å²) in [5, 5.41) is 13.0. The van der Waals surface area contributed by atoms with Gasteiger partial charge in [-0.1, -0.05) is 5.16 Å². The summed E-state index contributed by atoms with van der Waals surface area (Å²) in [4.78, 5) is 17.0. The Morgan fingerprint density at radius 1 is 1.00 bits per heavy atom.